The maximum atomic E-state index is 13.9. The number of carbonyl (C=O) groups excluding carboxylic acids is 2. The molecular formula is C25H28FNO6. The van der Waals surface area contributed by atoms with Gasteiger partial charge in [0.2, 0.25) is 0 Å². The van der Waals surface area contributed by atoms with Crippen LogP contribution in [0.2, 0.25) is 0 Å². The van der Waals surface area contributed by atoms with E-state index < -0.39 is 17.2 Å². The normalized spacial score (nSPS) is 16.2. The van der Waals surface area contributed by atoms with Crippen LogP contribution in [0.4, 0.5) is 4.39 Å². The zero-order valence-corrected chi connectivity index (χ0v) is 18.9. The number of rotatable bonds is 7. The maximum Gasteiger partial charge on any atom is 0.317 e. The van der Waals surface area contributed by atoms with Gasteiger partial charge in [-0.05, 0) is 48.2 Å². The predicted molar refractivity (Wildman–Crippen MR) is 118 cm³/mol. The Kier molecular flexibility index (Phi) is 6.72. The lowest BCUT2D eigenvalue weighted by Crippen LogP contribution is -2.38. The van der Waals surface area contributed by atoms with Crippen LogP contribution in [-0.2, 0) is 26.3 Å². The van der Waals surface area contributed by atoms with Crippen molar-refractivity contribution in [2.24, 2.45) is 0 Å². The molecule has 0 spiro atoms. The summed E-state index contributed by atoms with van der Waals surface area (Å²) in [6.07, 6.45) is 3.11. The van der Waals surface area contributed by atoms with Gasteiger partial charge in [0.25, 0.3) is 5.91 Å². The molecule has 0 unspecified atom stereocenters. The molecule has 0 N–H and O–H groups in total. The molecule has 4 rings (SSSR count). The highest BCUT2D eigenvalue weighted by molar-refractivity contribution is 5.87. The van der Waals surface area contributed by atoms with Gasteiger partial charge in [0.05, 0.1) is 12.5 Å². The molecule has 1 saturated carbocycles. The van der Waals surface area contributed by atoms with E-state index in [9.17, 15) is 14.0 Å². The first-order valence-electron chi connectivity index (χ1n) is 11.1. The minimum absolute atomic E-state index is 0.141. The molecule has 0 radical (unpaired) electrons. The Morgan fingerprint density at radius 1 is 1.06 bits per heavy atom. The Morgan fingerprint density at radius 3 is 2.48 bits per heavy atom. The molecule has 0 aromatic heterocycles. The highest BCUT2D eigenvalue weighted by Crippen LogP contribution is 2.45. The average molecular weight is 457 g/mol. The van der Waals surface area contributed by atoms with E-state index >= 15 is 0 Å². The summed E-state index contributed by atoms with van der Waals surface area (Å²) in [6.45, 7) is 0.774. The van der Waals surface area contributed by atoms with Crippen molar-refractivity contribution in [3.63, 3.8) is 0 Å². The van der Waals surface area contributed by atoms with Gasteiger partial charge < -0.3 is 23.8 Å². The Labute approximate surface area is 192 Å². The van der Waals surface area contributed by atoms with Crippen LogP contribution in [-0.4, -0.2) is 50.8 Å². The van der Waals surface area contributed by atoms with E-state index in [0.29, 0.717) is 43.1 Å². The van der Waals surface area contributed by atoms with E-state index in [0.717, 1.165) is 18.4 Å². The van der Waals surface area contributed by atoms with E-state index in [1.807, 2.05) is 18.2 Å². The lowest BCUT2D eigenvalue weighted by molar-refractivity contribution is -0.156. The van der Waals surface area contributed by atoms with Crippen LogP contribution in [0.3, 0.4) is 0 Å². The summed E-state index contributed by atoms with van der Waals surface area (Å²) in [5, 5.41) is 0. The molecule has 7 nitrogen and oxygen atoms in total. The molecule has 1 fully saturated rings. The molecule has 1 aliphatic carbocycles. The smallest absolute Gasteiger partial charge is 0.317 e. The number of amides is 1. The van der Waals surface area contributed by atoms with Crippen molar-refractivity contribution < 1.29 is 32.9 Å². The highest BCUT2D eigenvalue weighted by atomic mass is 19.1. The van der Waals surface area contributed by atoms with Crippen LogP contribution in [0.15, 0.2) is 36.4 Å². The van der Waals surface area contributed by atoms with Crippen molar-refractivity contribution in [2.75, 3.05) is 34.0 Å². The van der Waals surface area contributed by atoms with Gasteiger partial charge in [0, 0.05) is 13.6 Å². The number of likely N-dealkylation sites (N-methyl/N-ethyl adjacent to an activating group) is 1. The number of methoxy groups -OCH3 is 1. The van der Waals surface area contributed by atoms with E-state index in [1.165, 1.54) is 24.1 Å². The van der Waals surface area contributed by atoms with Crippen LogP contribution < -0.4 is 14.2 Å². The number of hydrogen-bond acceptors (Lipinski definition) is 6. The molecule has 176 valence electrons. The number of fused-ring (bicyclic) bond motifs is 1. The molecule has 2 aromatic rings. The van der Waals surface area contributed by atoms with Gasteiger partial charge in [-0.25, -0.2) is 4.39 Å². The number of ether oxygens (including phenoxy) is 4. The van der Waals surface area contributed by atoms with Crippen LogP contribution >= 0.6 is 0 Å². The summed E-state index contributed by atoms with van der Waals surface area (Å²) in [6, 6.07) is 10.1. The summed E-state index contributed by atoms with van der Waals surface area (Å²) in [5.41, 5.74) is 0.635. The second kappa shape index (κ2) is 9.68. The van der Waals surface area contributed by atoms with Crippen LogP contribution in [0.25, 0.3) is 0 Å². The summed E-state index contributed by atoms with van der Waals surface area (Å²) in [5.74, 6) is 0.162. The zero-order valence-electron chi connectivity index (χ0n) is 18.9. The number of benzene rings is 2. The van der Waals surface area contributed by atoms with Crippen LogP contribution in [0, 0.1) is 5.82 Å². The summed E-state index contributed by atoms with van der Waals surface area (Å²) < 4.78 is 35.6. The van der Waals surface area contributed by atoms with Crippen molar-refractivity contribution >= 4 is 11.9 Å². The topological polar surface area (TPSA) is 74.3 Å². The van der Waals surface area contributed by atoms with E-state index in [-0.39, 0.29) is 24.8 Å². The van der Waals surface area contributed by atoms with Gasteiger partial charge in [-0.15, -0.1) is 0 Å². The first-order valence-corrected chi connectivity index (χ1v) is 11.1. The molecule has 8 heteroatoms. The van der Waals surface area contributed by atoms with Crippen molar-refractivity contribution in [1.29, 1.82) is 0 Å². The lowest BCUT2D eigenvalue weighted by atomic mass is 9.78. The molecule has 1 amide bonds. The Balaban J connectivity index is 1.41. The predicted octanol–water partition coefficient (Wildman–Crippen LogP) is 3.62. The average Bonchev–Trinajstić information content (AvgIpc) is 3.33. The summed E-state index contributed by atoms with van der Waals surface area (Å²) in [7, 11) is 2.98. The van der Waals surface area contributed by atoms with Gasteiger partial charge in [0.15, 0.2) is 29.7 Å². The Bertz CT molecular complexity index is 1030. The lowest BCUT2D eigenvalue weighted by Gasteiger charge is -2.29. The quantitative estimate of drug-likeness (QED) is 0.592. The third-order valence-corrected chi connectivity index (χ3v) is 6.33. The van der Waals surface area contributed by atoms with E-state index in [4.69, 9.17) is 18.9 Å². The first-order chi connectivity index (χ1) is 15.9. The fourth-order valence-electron chi connectivity index (χ4n) is 4.48. The second-order valence-corrected chi connectivity index (χ2v) is 8.44. The third-order valence-electron chi connectivity index (χ3n) is 6.33. The van der Waals surface area contributed by atoms with Gasteiger partial charge in [0.1, 0.15) is 13.2 Å². The molecule has 0 bridgehead atoms. The van der Waals surface area contributed by atoms with Gasteiger partial charge >= 0.3 is 5.97 Å². The fourth-order valence-corrected chi connectivity index (χ4v) is 4.48. The van der Waals surface area contributed by atoms with E-state index in [1.54, 1.807) is 13.1 Å². The third kappa shape index (κ3) is 4.74. The van der Waals surface area contributed by atoms with Gasteiger partial charge in [-0.1, -0.05) is 25.0 Å². The molecule has 2 aliphatic rings. The number of carbonyl (C=O) groups is 2. The number of hydrogen-bond donors (Lipinski definition) is 0. The van der Waals surface area contributed by atoms with E-state index in [2.05, 4.69) is 0 Å². The SMILES string of the molecule is COc1ccc(CN(C)C(=O)COC(=O)C2(c3ccc4c(c3)OCCO4)CCCC2)cc1F. The number of esters is 1. The number of nitrogens with zero attached hydrogens (tertiary/aromatic N) is 1. The number of halogens is 1. The molecule has 0 saturated heterocycles. The van der Waals surface area contributed by atoms with Crippen LogP contribution in [0.1, 0.15) is 36.8 Å². The molecule has 1 aliphatic heterocycles. The van der Waals surface area contributed by atoms with Crippen molar-refractivity contribution in [2.45, 2.75) is 37.6 Å². The minimum atomic E-state index is -0.798. The minimum Gasteiger partial charge on any atom is -0.494 e. The second-order valence-electron chi connectivity index (χ2n) is 8.44. The largest absolute Gasteiger partial charge is 0.494 e. The summed E-state index contributed by atoms with van der Waals surface area (Å²) in [4.78, 5) is 27.2. The van der Waals surface area contributed by atoms with Crippen molar-refractivity contribution in [3.8, 4) is 17.2 Å². The molecule has 1 heterocycles. The molecule has 33 heavy (non-hydrogen) atoms. The molecular weight excluding hydrogens is 429 g/mol. The molecule has 0 atom stereocenters. The van der Waals surface area contributed by atoms with Crippen molar-refractivity contribution in [3.05, 3.63) is 53.3 Å². The monoisotopic (exact) mass is 457 g/mol. The Morgan fingerprint density at radius 2 is 1.79 bits per heavy atom. The summed E-state index contributed by atoms with van der Waals surface area (Å²) >= 11 is 0. The van der Waals surface area contributed by atoms with Crippen molar-refractivity contribution in [1.82, 2.24) is 4.90 Å². The van der Waals surface area contributed by atoms with Gasteiger partial charge in [-0.2, -0.15) is 0 Å². The zero-order chi connectivity index (χ0) is 23.4. The Hall–Kier alpha value is -3.29. The maximum absolute atomic E-state index is 13.9. The van der Waals surface area contributed by atoms with Crippen LogP contribution in [0.5, 0.6) is 17.2 Å². The standard InChI is InChI=1S/C25H28FNO6/c1-27(15-17-5-7-20(30-2)19(26)13-17)23(28)16-33-24(29)25(9-3-4-10-25)18-6-8-21-22(14-18)32-12-11-31-21/h5-8,13-14H,3-4,9-12,15-16H2,1-2H3. The highest BCUT2D eigenvalue weighted by Gasteiger charge is 2.45. The molecule has 2 aromatic carbocycles. The fraction of sp³-hybridized carbons (Fsp3) is 0.440. The first kappa shape index (κ1) is 22.9. The van der Waals surface area contributed by atoms with Gasteiger partial charge in [-0.3, -0.25) is 9.59 Å².